The Hall–Kier alpha value is -2.63. The molecule has 0 fully saturated rings. The maximum atomic E-state index is 11.3. The number of rotatable bonds is 2. The van der Waals surface area contributed by atoms with Gasteiger partial charge in [0.15, 0.2) is 0 Å². The Labute approximate surface area is 96.0 Å². The summed E-state index contributed by atoms with van der Waals surface area (Å²) in [6.45, 7) is 0. The van der Waals surface area contributed by atoms with Crippen molar-refractivity contribution >= 4 is 11.8 Å². The van der Waals surface area contributed by atoms with E-state index in [1.165, 1.54) is 12.3 Å². The summed E-state index contributed by atoms with van der Waals surface area (Å²) in [4.78, 5) is 28.2. The number of carbonyl (C=O) groups is 1. The molecular formula is C11H9N3O3. The first-order chi connectivity index (χ1) is 8.16. The van der Waals surface area contributed by atoms with E-state index in [-0.39, 0.29) is 5.69 Å². The Bertz CT molecular complexity index is 592. The third-order valence-electron chi connectivity index (χ3n) is 2.16. The average Bonchev–Trinajstić information content (AvgIpc) is 2.32. The fraction of sp³-hybridized carbons (Fsp3) is 0. The minimum Gasteiger partial charge on any atom is -0.465 e. The highest BCUT2D eigenvalue weighted by Crippen LogP contribution is 2.18. The molecule has 2 aromatic rings. The number of hydrogen-bond acceptors (Lipinski definition) is 3. The van der Waals surface area contributed by atoms with Crippen LogP contribution in [0.5, 0.6) is 0 Å². The molecule has 0 saturated carbocycles. The van der Waals surface area contributed by atoms with Crippen LogP contribution in [0.2, 0.25) is 0 Å². The lowest BCUT2D eigenvalue weighted by molar-refractivity contribution is 0.209. The number of nitrogens with one attached hydrogen (secondary N) is 2. The van der Waals surface area contributed by atoms with Gasteiger partial charge in [0, 0.05) is 24.2 Å². The predicted octanol–water partition coefficient (Wildman–Crippen LogP) is 1.53. The van der Waals surface area contributed by atoms with E-state index >= 15 is 0 Å². The zero-order valence-corrected chi connectivity index (χ0v) is 8.68. The highest BCUT2D eigenvalue weighted by atomic mass is 16.4. The second-order valence-electron chi connectivity index (χ2n) is 3.30. The third-order valence-corrected chi connectivity index (χ3v) is 2.16. The minimum atomic E-state index is -1.28. The van der Waals surface area contributed by atoms with Crippen LogP contribution in [0.25, 0.3) is 11.1 Å². The molecule has 0 unspecified atom stereocenters. The van der Waals surface area contributed by atoms with Crippen molar-refractivity contribution in [3.63, 3.8) is 0 Å². The standard InChI is InChI=1S/C11H9N3O3/c15-10-9(14-11(16)17)5-8(6-13-10)7-1-3-12-4-2-7/h1-6,14H,(H,13,15)(H,16,17). The number of anilines is 1. The Balaban J connectivity index is 2.44. The molecule has 2 rings (SSSR count). The first-order valence-electron chi connectivity index (χ1n) is 4.80. The van der Waals surface area contributed by atoms with Crippen molar-refractivity contribution in [2.24, 2.45) is 0 Å². The quantitative estimate of drug-likeness (QED) is 0.730. The van der Waals surface area contributed by atoms with Gasteiger partial charge in [-0.2, -0.15) is 0 Å². The maximum absolute atomic E-state index is 11.3. The Kier molecular flexibility index (Phi) is 2.87. The van der Waals surface area contributed by atoms with Crippen molar-refractivity contribution in [2.75, 3.05) is 5.32 Å². The van der Waals surface area contributed by atoms with Gasteiger partial charge in [-0.3, -0.25) is 15.1 Å². The molecule has 86 valence electrons. The normalized spacial score (nSPS) is 9.88. The van der Waals surface area contributed by atoms with E-state index in [2.05, 4.69) is 9.97 Å². The van der Waals surface area contributed by atoms with E-state index < -0.39 is 11.7 Å². The molecule has 0 aromatic carbocycles. The SMILES string of the molecule is O=C(O)Nc1cc(-c2ccncc2)c[nH]c1=O. The molecule has 0 radical (unpaired) electrons. The van der Waals surface area contributed by atoms with Gasteiger partial charge in [0.1, 0.15) is 5.69 Å². The topological polar surface area (TPSA) is 95.1 Å². The van der Waals surface area contributed by atoms with Crippen LogP contribution in [-0.2, 0) is 0 Å². The number of H-pyrrole nitrogens is 1. The van der Waals surface area contributed by atoms with Crippen molar-refractivity contribution in [1.82, 2.24) is 9.97 Å². The Morgan fingerprint density at radius 3 is 2.65 bits per heavy atom. The van der Waals surface area contributed by atoms with Crippen LogP contribution in [0.3, 0.4) is 0 Å². The number of nitrogens with zero attached hydrogens (tertiary/aromatic N) is 1. The fourth-order valence-electron chi connectivity index (χ4n) is 1.40. The molecule has 6 nitrogen and oxygen atoms in total. The first-order valence-corrected chi connectivity index (χ1v) is 4.80. The van der Waals surface area contributed by atoms with Crippen LogP contribution in [0.4, 0.5) is 10.5 Å². The lowest BCUT2D eigenvalue weighted by Crippen LogP contribution is -2.17. The second kappa shape index (κ2) is 4.48. The summed E-state index contributed by atoms with van der Waals surface area (Å²) in [5.41, 5.74) is 1.05. The average molecular weight is 231 g/mol. The van der Waals surface area contributed by atoms with E-state index in [0.29, 0.717) is 5.56 Å². The molecule has 0 aliphatic carbocycles. The van der Waals surface area contributed by atoms with Crippen molar-refractivity contribution in [3.8, 4) is 11.1 Å². The van der Waals surface area contributed by atoms with E-state index in [4.69, 9.17) is 5.11 Å². The molecule has 0 spiro atoms. The number of pyridine rings is 2. The number of hydrogen-bond donors (Lipinski definition) is 3. The molecule has 17 heavy (non-hydrogen) atoms. The van der Waals surface area contributed by atoms with E-state index in [1.54, 1.807) is 24.5 Å². The fourth-order valence-corrected chi connectivity index (χ4v) is 1.40. The van der Waals surface area contributed by atoms with Crippen molar-refractivity contribution < 1.29 is 9.90 Å². The maximum Gasteiger partial charge on any atom is 0.409 e. The smallest absolute Gasteiger partial charge is 0.409 e. The number of aromatic nitrogens is 2. The van der Waals surface area contributed by atoms with Crippen LogP contribution in [0.1, 0.15) is 0 Å². The van der Waals surface area contributed by atoms with Gasteiger partial charge >= 0.3 is 6.09 Å². The Morgan fingerprint density at radius 2 is 2.00 bits per heavy atom. The number of aromatic amines is 1. The molecule has 6 heteroatoms. The van der Waals surface area contributed by atoms with Crippen LogP contribution in [0.15, 0.2) is 41.6 Å². The monoisotopic (exact) mass is 231 g/mol. The van der Waals surface area contributed by atoms with Crippen molar-refractivity contribution in [3.05, 3.63) is 47.1 Å². The van der Waals surface area contributed by atoms with Gasteiger partial charge in [-0.15, -0.1) is 0 Å². The highest BCUT2D eigenvalue weighted by molar-refractivity contribution is 5.83. The van der Waals surface area contributed by atoms with Crippen molar-refractivity contribution in [2.45, 2.75) is 0 Å². The zero-order chi connectivity index (χ0) is 12.3. The summed E-state index contributed by atoms with van der Waals surface area (Å²) in [5.74, 6) is 0. The van der Waals surface area contributed by atoms with Crippen molar-refractivity contribution in [1.29, 1.82) is 0 Å². The van der Waals surface area contributed by atoms with Gasteiger partial charge in [-0.05, 0) is 23.8 Å². The van der Waals surface area contributed by atoms with Crippen LogP contribution in [-0.4, -0.2) is 21.2 Å². The minimum absolute atomic E-state index is 0.00758. The van der Waals surface area contributed by atoms with Crippen LogP contribution in [0, 0.1) is 0 Å². The van der Waals surface area contributed by atoms with E-state index in [9.17, 15) is 9.59 Å². The highest BCUT2D eigenvalue weighted by Gasteiger charge is 2.05. The molecule has 3 N–H and O–H groups in total. The predicted molar refractivity (Wildman–Crippen MR) is 61.9 cm³/mol. The summed E-state index contributed by atoms with van der Waals surface area (Å²) in [6.07, 6.45) is 3.47. The second-order valence-corrected chi connectivity index (χ2v) is 3.30. The van der Waals surface area contributed by atoms with Crippen LogP contribution < -0.4 is 10.9 Å². The van der Waals surface area contributed by atoms with Gasteiger partial charge < -0.3 is 10.1 Å². The number of amides is 1. The molecule has 2 aromatic heterocycles. The molecular weight excluding hydrogens is 222 g/mol. The molecule has 0 saturated heterocycles. The van der Waals surface area contributed by atoms with E-state index in [1.807, 2.05) is 5.32 Å². The van der Waals surface area contributed by atoms with Crippen LogP contribution >= 0.6 is 0 Å². The lowest BCUT2D eigenvalue weighted by atomic mass is 10.1. The third kappa shape index (κ3) is 2.49. The van der Waals surface area contributed by atoms with E-state index in [0.717, 1.165) is 5.56 Å². The molecule has 0 aliphatic rings. The molecule has 0 atom stereocenters. The summed E-state index contributed by atoms with van der Waals surface area (Å²) in [6, 6.07) is 5.00. The molecule has 2 heterocycles. The summed E-state index contributed by atoms with van der Waals surface area (Å²) in [7, 11) is 0. The van der Waals surface area contributed by atoms with Gasteiger partial charge in [0.2, 0.25) is 0 Å². The first kappa shape index (κ1) is 10.9. The summed E-state index contributed by atoms with van der Waals surface area (Å²) in [5, 5.41) is 10.6. The lowest BCUT2D eigenvalue weighted by Gasteiger charge is -2.04. The molecule has 0 aliphatic heterocycles. The van der Waals surface area contributed by atoms with Gasteiger partial charge in [0.05, 0.1) is 0 Å². The van der Waals surface area contributed by atoms with Gasteiger partial charge in [0.25, 0.3) is 5.56 Å². The molecule has 1 amide bonds. The largest absolute Gasteiger partial charge is 0.465 e. The Morgan fingerprint density at radius 1 is 1.29 bits per heavy atom. The summed E-state index contributed by atoms with van der Waals surface area (Å²) >= 11 is 0. The molecule has 0 bridgehead atoms. The number of carboxylic acid groups (broad SMARTS) is 1. The zero-order valence-electron chi connectivity index (χ0n) is 8.68. The van der Waals surface area contributed by atoms with Gasteiger partial charge in [-0.1, -0.05) is 0 Å². The summed E-state index contributed by atoms with van der Waals surface area (Å²) < 4.78 is 0. The van der Waals surface area contributed by atoms with Gasteiger partial charge in [-0.25, -0.2) is 4.79 Å².